The molecule has 0 unspecified atom stereocenters. The molecule has 1 aromatic heterocycles. The topological polar surface area (TPSA) is 92.3 Å². The molecular weight excluding hydrogens is 344 g/mol. The average molecular weight is 361 g/mol. The Balaban J connectivity index is 1.66. The number of benzene rings is 1. The second kappa shape index (κ2) is 6.41. The number of rotatable bonds is 5. The number of amides is 1. The van der Waals surface area contributed by atoms with E-state index in [1.807, 2.05) is 0 Å². The number of ether oxygens (including phenoxy) is 1. The molecule has 1 heterocycles. The van der Waals surface area contributed by atoms with Crippen molar-refractivity contribution in [1.82, 2.24) is 5.32 Å². The molecule has 130 valence electrons. The van der Waals surface area contributed by atoms with Gasteiger partial charge in [-0.15, -0.1) is 0 Å². The minimum absolute atomic E-state index is 0.0373. The maximum atomic E-state index is 12.2. The summed E-state index contributed by atoms with van der Waals surface area (Å²) in [6, 6.07) is 7.15. The van der Waals surface area contributed by atoms with Gasteiger partial charge < -0.3 is 14.5 Å². The summed E-state index contributed by atoms with van der Waals surface area (Å²) in [4.78, 5) is 24.2. The Bertz CT molecular complexity index is 894. The molecule has 3 rings (SSSR count). The summed E-state index contributed by atoms with van der Waals surface area (Å²) < 4.78 is 10.5. The number of carbonyl (C=O) groups is 2. The van der Waals surface area contributed by atoms with Crippen LogP contribution < -0.4 is 5.32 Å². The molecule has 0 bridgehead atoms. The van der Waals surface area contributed by atoms with Crippen molar-refractivity contribution in [2.75, 3.05) is 6.61 Å². The van der Waals surface area contributed by atoms with Crippen molar-refractivity contribution in [3.63, 3.8) is 0 Å². The van der Waals surface area contributed by atoms with Crippen LogP contribution in [0, 0.1) is 24.2 Å². The molecule has 2 aromatic rings. The lowest BCUT2D eigenvalue weighted by molar-refractivity contribution is -0.125. The zero-order chi connectivity index (χ0) is 18.2. The second-order valence-corrected chi connectivity index (χ2v) is 6.85. The number of fused-ring (bicyclic) bond motifs is 1. The van der Waals surface area contributed by atoms with Crippen molar-refractivity contribution in [3.05, 3.63) is 34.5 Å². The molecule has 1 aliphatic carbocycles. The summed E-state index contributed by atoms with van der Waals surface area (Å²) in [6.45, 7) is 2.93. The number of nitriles is 1. The van der Waals surface area contributed by atoms with Gasteiger partial charge >= 0.3 is 5.97 Å². The van der Waals surface area contributed by atoms with Crippen LogP contribution >= 0.6 is 11.6 Å². The number of halogens is 1. The van der Waals surface area contributed by atoms with Crippen molar-refractivity contribution >= 4 is 34.4 Å². The fourth-order valence-electron chi connectivity index (χ4n) is 2.79. The van der Waals surface area contributed by atoms with Crippen LogP contribution in [0.1, 0.15) is 35.9 Å². The highest BCUT2D eigenvalue weighted by Gasteiger charge is 2.43. The van der Waals surface area contributed by atoms with E-state index in [4.69, 9.17) is 20.8 Å². The molecule has 1 aliphatic rings. The van der Waals surface area contributed by atoms with Crippen molar-refractivity contribution < 1.29 is 18.7 Å². The van der Waals surface area contributed by atoms with Crippen LogP contribution in [0.5, 0.6) is 0 Å². The van der Waals surface area contributed by atoms with Crippen LogP contribution in [-0.4, -0.2) is 24.0 Å². The molecule has 1 saturated carbocycles. The van der Waals surface area contributed by atoms with E-state index < -0.39 is 24.0 Å². The summed E-state index contributed by atoms with van der Waals surface area (Å²) in [6.07, 6.45) is 1.82. The molecule has 1 N–H and O–H groups in total. The number of aryl methyl sites for hydroxylation is 1. The van der Waals surface area contributed by atoms with Crippen molar-refractivity contribution in [1.29, 1.82) is 5.26 Å². The van der Waals surface area contributed by atoms with Gasteiger partial charge in [0.15, 0.2) is 6.61 Å². The fourth-order valence-corrected chi connectivity index (χ4v) is 2.96. The number of carbonyl (C=O) groups excluding carboxylic acids is 2. The molecule has 6 nitrogen and oxygen atoms in total. The Morgan fingerprint density at radius 2 is 2.20 bits per heavy atom. The minimum Gasteiger partial charge on any atom is -0.450 e. The smallest absolute Gasteiger partial charge is 0.375 e. The summed E-state index contributed by atoms with van der Waals surface area (Å²) in [5.74, 6) is -1.05. The number of nitrogens with one attached hydrogen (secondary N) is 1. The molecular formula is C18H17ClN2O4. The highest BCUT2D eigenvalue weighted by Crippen LogP contribution is 2.39. The van der Waals surface area contributed by atoms with Crippen LogP contribution in [0.15, 0.2) is 22.6 Å². The van der Waals surface area contributed by atoms with Gasteiger partial charge in [-0.05, 0) is 50.8 Å². The Morgan fingerprint density at radius 3 is 2.84 bits per heavy atom. The first kappa shape index (κ1) is 17.3. The van der Waals surface area contributed by atoms with Crippen molar-refractivity contribution in [2.45, 2.75) is 32.2 Å². The van der Waals surface area contributed by atoms with E-state index in [-0.39, 0.29) is 11.7 Å². The molecule has 0 aliphatic heterocycles. The van der Waals surface area contributed by atoms with E-state index in [0.29, 0.717) is 16.2 Å². The molecule has 1 aromatic carbocycles. The van der Waals surface area contributed by atoms with E-state index in [2.05, 4.69) is 11.4 Å². The molecule has 0 spiro atoms. The van der Waals surface area contributed by atoms with Gasteiger partial charge in [0.1, 0.15) is 11.1 Å². The molecule has 25 heavy (non-hydrogen) atoms. The van der Waals surface area contributed by atoms with Gasteiger partial charge in [0.05, 0.1) is 6.07 Å². The third kappa shape index (κ3) is 3.47. The molecule has 1 amide bonds. The van der Waals surface area contributed by atoms with Crippen LogP contribution in [0.25, 0.3) is 11.0 Å². The Kier molecular flexibility index (Phi) is 4.44. The normalized spacial score (nSPS) is 16.1. The third-order valence-electron chi connectivity index (χ3n) is 4.44. The zero-order valence-electron chi connectivity index (χ0n) is 13.9. The molecule has 7 heteroatoms. The second-order valence-electron chi connectivity index (χ2n) is 6.41. The number of esters is 1. The first-order chi connectivity index (χ1) is 11.8. The average Bonchev–Trinajstić information content (AvgIpc) is 3.39. The number of nitrogens with zero attached hydrogens (tertiary/aromatic N) is 1. The maximum Gasteiger partial charge on any atom is 0.375 e. The number of hydrogen-bond acceptors (Lipinski definition) is 5. The van der Waals surface area contributed by atoms with E-state index in [9.17, 15) is 14.9 Å². The lowest BCUT2D eigenvalue weighted by Crippen LogP contribution is -2.48. The lowest BCUT2D eigenvalue weighted by atomic mass is 9.98. The van der Waals surface area contributed by atoms with Crippen LogP contribution in [0.3, 0.4) is 0 Å². The Morgan fingerprint density at radius 1 is 1.48 bits per heavy atom. The van der Waals surface area contributed by atoms with Gasteiger partial charge in [-0.25, -0.2) is 4.79 Å². The highest BCUT2D eigenvalue weighted by atomic mass is 35.5. The largest absolute Gasteiger partial charge is 0.450 e. The molecule has 0 radical (unpaired) electrons. The fraction of sp³-hybridized carbons (Fsp3) is 0.389. The van der Waals surface area contributed by atoms with Crippen molar-refractivity contribution in [2.24, 2.45) is 5.92 Å². The molecule has 1 atom stereocenters. The van der Waals surface area contributed by atoms with Crippen molar-refractivity contribution in [3.8, 4) is 6.07 Å². The summed E-state index contributed by atoms with van der Waals surface area (Å²) in [5.41, 5.74) is 0.196. The predicted molar refractivity (Wildman–Crippen MR) is 91.1 cm³/mol. The van der Waals surface area contributed by atoms with Crippen LogP contribution in [-0.2, 0) is 9.53 Å². The van der Waals surface area contributed by atoms with Crippen LogP contribution in [0.2, 0.25) is 5.02 Å². The monoisotopic (exact) mass is 360 g/mol. The Labute approximate surface area is 149 Å². The van der Waals surface area contributed by atoms with Gasteiger partial charge in [-0.1, -0.05) is 11.6 Å². The Hall–Kier alpha value is -2.52. The predicted octanol–water partition coefficient (Wildman–Crippen LogP) is 3.36. The summed E-state index contributed by atoms with van der Waals surface area (Å²) in [5, 5.41) is 13.1. The van der Waals surface area contributed by atoms with E-state index >= 15 is 0 Å². The maximum absolute atomic E-state index is 12.2. The molecule has 0 saturated heterocycles. The lowest BCUT2D eigenvalue weighted by Gasteiger charge is -2.22. The van der Waals surface area contributed by atoms with E-state index in [1.165, 1.54) is 0 Å². The first-order valence-electron chi connectivity index (χ1n) is 7.92. The first-order valence-corrected chi connectivity index (χ1v) is 8.30. The summed E-state index contributed by atoms with van der Waals surface area (Å²) >= 11 is 5.95. The summed E-state index contributed by atoms with van der Waals surface area (Å²) in [7, 11) is 0. The zero-order valence-corrected chi connectivity index (χ0v) is 14.6. The van der Waals surface area contributed by atoms with E-state index in [1.54, 1.807) is 32.0 Å². The minimum atomic E-state index is -0.921. The quantitative estimate of drug-likeness (QED) is 0.825. The van der Waals surface area contributed by atoms with Gasteiger partial charge in [-0.3, -0.25) is 4.79 Å². The van der Waals surface area contributed by atoms with Gasteiger partial charge in [-0.2, -0.15) is 5.26 Å². The number of hydrogen-bond donors (Lipinski definition) is 1. The van der Waals surface area contributed by atoms with Crippen LogP contribution in [0.4, 0.5) is 0 Å². The van der Waals surface area contributed by atoms with Gasteiger partial charge in [0.25, 0.3) is 5.91 Å². The number of furan rings is 1. The third-order valence-corrected chi connectivity index (χ3v) is 4.68. The SMILES string of the molecule is Cc1c(C(=O)OCC(=O)N[C@@](C)(C#N)C2CC2)oc2ccc(Cl)cc12. The van der Waals surface area contributed by atoms with E-state index in [0.717, 1.165) is 18.2 Å². The molecule has 1 fully saturated rings. The highest BCUT2D eigenvalue weighted by molar-refractivity contribution is 6.31. The van der Waals surface area contributed by atoms with Gasteiger partial charge in [0.2, 0.25) is 5.76 Å². The standard InChI is InChI=1S/C18H17ClN2O4/c1-10-13-7-12(19)5-6-14(13)25-16(10)17(23)24-8-15(22)21-18(2,9-20)11-3-4-11/h5-7,11H,3-4,8H2,1-2H3,(H,21,22)/t18-/m0/s1. The van der Waals surface area contributed by atoms with Gasteiger partial charge in [0, 0.05) is 16.0 Å².